The first kappa shape index (κ1) is 14.9. The Kier molecular flexibility index (Phi) is 6.77. The van der Waals surface area contributed by atoms with Crippen LogP contribution in [0.1, 0.15) is 40.5 Å². The summed E-state index contributed by atoms with van der Waals surface area (Å²) in [5, 5.41) is 8.82. The maximum atomic E-state index is 12.0. The highest BCUT2D eigenvalue weighted by Crippen LogP contribution is 2.13. The first-order chi connectivity index (χ1) is 7.47. The molecule has 1 atom stereocenters. The third-order valence-electron chi connectivity index (χ3n) is 2.94. The van der Waals surface area contributed by atoms with Crippen LogP contribution in [-0.2, 0) is 9.59 Å². The van der Waals surface area contributed by atoms with Crippen molar-refractivity contribution in [2.75, 3.05) is 13.1 Å². The quantitative estimate of drug-likeness (QED) is 0.726. The van der Waals surface area contributed by atoms with Crippen LogP contribution in [0.4, 0.5) is 0 Å². The van der Waals surface area contributed by atoms with Gasteiger partial charge in [-0.05, 0) is 19.8 Å². The van der Waals surface area contributed by atoms with E-state index in [2.05, 4.69) is 0 Å². The molecule has 0 saturated heterocycles. The Bertz CT molecular complexity index is 236. The van der Waals surface area contributed by atoms with Crippen molar-refractivity contribution in [2.24, 2.45) is 11.8 Å². The summed E-state index contributed by atoms with van der Waals surface area (Å²) in [4.78, 5) is 24.4. The second kappa shape index (κ2) is 7.25. The predicted molar refractivity (Wildman–Crippen MR) is 63.1 cm³/mol. The van der Waals surface area contributed by atoms with Crippen LogP contribution in [0.15, 0.2) is 0 Å². The zero-order chi connectivity index (χ0) is 12.7. The summed E-state index contributed by atoms with van der Waals surface area (Å²) in [6.45, 7) is 8.37. The van der Waals surface area contributed by atoms with Crippen molar-refractivity contribution < 1.29 is 14.7 Å². The van der Waals surface area contributed by atoms with E-state index in [-0.39, 0.29) is 11.8 Å². The molecule has 0 saturated carbocycles. The molecule has 16 heavy (non-hydrogen) atoms. The number of carboxylic acid groups (broad SMARTS) is 1. The van der Waals surface area contributed by atoms with Gasteiger partial charge in [0.15, 0.2) is 0 Å². The topological polar surface area (TPSA) is 57.6 Å². The Morgan fingerprint density at radius 1 is 1.19 bits per heavy atom. The van der Waals surface area contributed by atoms with E-state index >= 15 is 0 Å². The lowest BCUT2D eigenvalue weighted by Crippen LogP contribution is -2.40. The van der Waals surface area contributed by atoms with Gasteiger partial charge >= 0.3 is 5.97 Å². The lowest BCUT2D eigenvalue weighted by molar-refractivity contribution is -0.143. The molecule has 0 aromatic rings. The first-order valence-electron chi connectivity index (χ1n) is 5.99. The van der Waals surface area contributed by atoms with Gasteiger partial charge in [-0.3, -0.25) is 9.59 Å². The van der Waals surface area contributed by atoms with Gasteiger partial charge in [0.1, 0.15) is 0 Å². The molecule has 0 heterocycles. The molecule has 4 nitrogen and oxygen atoms in total. The molecule has 94 valence electrons. The number of carbonyl (C=O) groups excluding carboxylic acids is 1. The predicted octanol–water partition coefficient (Wildman–Crippen LogP) is 1.99. The largest absolute Gasteiger partial charge is 0.481 e. The summed E-state index contributed by atoms with van der Waals surface area (Å²) < 4.78 is 0. The number of hydrogen-bond donors (Lipinski definition) is 1. The highest BCUT2D eigenvalue weighted by molar-refractivity contribution is 5.79. The van der Waals surface area contributed by atoms with Crippen LogP contribution in [0.3, 0.4) is 0 Å². The average Bonchev–Trinajstić information content (AvgIpc) is 2.26. The summed E-state index contributed by atoms with van der Waals surface area (Å²) in [7, 11) is 0. The lowest BCUT2D eigenvalue weighted by Gasteiger charge is -2.26. The number of aliphatic carboxylic acids is 1. The van der Waals surface area contributed by atoms with Crippen molar-refractivity contribution in [2.45, 2.75) is 40.5 Å². The van der Waals surface area contributed by atoms with Crippen molar-refractivity contribution in [1.29, 1.82) is 0 Å². The molecule has 4 heteroatoms. The molecule has 0 fully saturated rings. The Hall–Kier alpha value is -1.06. The monoisotopic (exact) mass is 229 g/mol. The molecular formula is C12H23NO3. The summed E-state index contributed by atoms with van der Waals surface area (Å²) in [5.74, 6) is -1.24. The molecule has 0 aliphatic heterocycles. The minimum Gasteiger partial charge on any atom is -0.481 e. The van der Waals surface area contributed by atoms with E-state index in [0.717, 1.165) is 12.8 Å². The zero-order valence-electron chi connectivity index (χ0n) is 10.7. The van der Waals surface area contributed by atoms with Gasteiger partial charge in [-0.25, -0.2) is 0 Å². The van der Waals surface area contributed by atoms with E-state index in [9.17, 15) is 9.59 Å². The van der Waals surface area contributed by atoms with E-state index in [1.807, 2.05) is 20.8 Å². The highest BCUT2D eigenvalue weighted by atomic mass is 16.4. The SMILES string of the molecule is CCC(CC)C(=O)N(CC)CC(C)C(=O)O. The number of rotatable bonds is 7. The standard InChI is InChI=1S/C12H23NO3/c1-5-10(6-2)11(14)13(7-3)8-9(4)12(15)16/h9-10H,5-8H2,1-4H3,(H,15,16). The lowest BCUT2D eigenvalue weighted by atomic mass is 10.0. The van der Waals surface area contributed by atoms with E-state index in [1.54, 1.807) is 11.8 Å². The summed E-state index contributed by atoms with van der Waals surface area (Å²) in [5.41, 5.74) is 0. The molecular weight excluding hydrogens is 206 g/mol. The van der Waals surface area contributed by atoms with Gasteiger partial charge in [0, 0.05) is 19.0 Å². The van der Waals surface area contributed by atoms with Crippen LogP contribution in [0.5, 0.6) is 0 Å². The first-order valence-corrected chi connectivity index (χ1v) is 5.99. The molecule has 1 unspecified atom stereocenters. The molecule has 1 amide bonds. The van der Waals surface area contributed by atoms with E-state index in [4.69, 9.17) is 5.11 Å². The molecule has 0 aromatic carbocycles. The van der Waals surface area contributed by atoms with Crippen molar-refractivity contribution in [3.8, 4) is 0 Å². The second-order valence-electron chi connectivity index (χ2n) is 4.13. The van der Waals surface area contributed by atoms with Crippen molar-refractivity contribution >= 4 is 11.9 Å². The zero-order valence-corrected chi connectivity index (χ0v) is 10.7. The molecule has 0 aliphatic rings. The van der Waals surface area contributed by atoms with Crippen LogP contribution in [-0.4, -0.2) is 35.0 Å². The smallest absolute Gasteiger partial charge is 0.308 e. The molecule has 0 aliphatic carbocycles. The average molecular weight is 229 g/mol. The van der Waals surface area contributed by atoms with Gasteiger partial charge in [-0.15, -0.1) is 0 Å². The van der Waals surface area contributed by atoms with Crippen molar-refractivity contribution in [1.82, 2.24) is 4.90 Å². The Morgan fingerprint density at radius 3 is 2.00 bits per heavy atom. The molecule has 1 N–H and O–H groups in total. The van der Waals surface area contributed by atoms with Gasteiger partial charge in [0.05, 0.1) is 5.92 Å². The van der Waals surface area contributed by atoms with Crippen LogP contribution in [0, 0.1) is 11.8 Å². The minimum absolute atomic E-state index is 0.0287. The molecule has 0 aromatic heterocycles. The molecule has 0 spiro atoms. The van der Waals surface area contributed by atoms with Gasteiger partial charge < -0.3 is 10.0 Å². The summed E-state index contributed by atoms with van der Waals surface area (Å²) in [6.07, 6.45) is 1.63. The van der Waals surface area contributed by atoms with Crippen molar-refractivity contribution in [3.63, 3.8) is 0 Å². The number of carboxylic acids is 1. The second-order valence-corrected chi connectivity index (χ2v) is 4.13. The minimum atomic E-state index is -0.851. The van der Waals surface area contributed by atoms with Crippen molar-refractivity contribution in [3.05, 3.63) is 0 Å². The molecule has 0 bridgehead atoms. The maximum absolute atomic E-state index is 12.0. The van der Waals surface area contributed by atoms with Crippen LogP contribution in [0.25, 0.3) is 0 Å². The highest BCUT2D eigenvalue weighted by Gasteiger charge is 2.23. The van der Waals surface area contributed by atoms with Crippen LogP contribution >= 0.6 is 0 Å². The van der Waals surface area contributed by atoms with Gasteiger partial charge in [-0.1, -0.05) is 20.8 Å². The Labute approximate surface area is 97.6 Å². The van der Waals surface area contributed by atoms with Gasteiger partial charge in [0.25, 0.3) is 0 Å². The Morgan fingerprint density at radius 2 is 1.69 bits per heavy atom. The summed E-state index contributed by atoms with van der Waals surface area (Å²) in [6, 6.07) is 0. The fourth-order valence-electron chi connectivity index (χ4n) is 1.68. The van der Waals surface area contributed by atoms with E-state index in [1.165, 1.54) is 0 Å². The molecule has 0 radical (unpaired) electrons. The fraction of sp³-hybridized carbons (Fsp3) is 0.833. The molecule has 0 rings (SSSR count). The van der Waals surface area contributed by atoms with Gasteiger partial charge in [0.2, 0.25) is 5.91 Å². The summed E-state index contributed by atoms with van der Waals surface area (Å²) >= 11 is 0. The fourth-order valence-corrected chi connectivity index (χ4v) is 1.68. The number of nitrogens with zero attached hydrogens (tertiary/aromatic N) is 1. The number of hydrogen-bond acceptors (Lipinski definition) is 2. The van der Waals surface area contributed by atoms with Crippen LogP contribution in [0.2, 0.25) is 0 Å². The van der Waals surface area contributed by atoms with Crippen LogP contribution < -0.4 is 0 Å². The normalized spacial score (nSPS) is 12.6. The third-order valence-corrected chi connectivity index (χ3v) is 2.94. The van der Waals surface area contributed by atoms with E-state index < -0.39 is 11.9 Å². The van der Waals surface area contributed by atoms with E-state index in [0.29, 0.717) is 13.1 Å². The number of carbonyl (C=O) groups is 2. The number of amides is 1. The Balaban J connectivity index is 4.48. The maximum Gasteiger partial charge on any atom is 0.308 e. The van der Waals surface area contributed by atoms with Gasteiger partial charge in [-0.2, -0.15) is 0 Å². The third kappa shape index (κ3) is 4.21.